The number of hydrogen-bond donors (Lipinski definition) is 2. The molecule has 1 heterocycles. The van der Waals surface area contributed by atoms with Crippen molar-refractivity contribution in [2.45, 2.75) is 5.16 Å². The van der Waals surface area contributed by atoms with E-state index >= 15 is 0 Å². The Hall–Kier alpha value is -2.02. The number of aromatic hydroxyl groups is 1. The van der Waals surface area contributed by atoms with Gasteiger partial charge in [-0.15, -0.1) is 5.10 Å². The molecule has 0 bridgehead atoms. The number of thioether (sulfide) groups is 1. The van der Waals surface area contributed by atoms with Crippen LogP contribution in [0.5, 0.6) is 11.5 Å². The van der Waals surface area contributed by atoms with Crippen LogP contribution in [0, 0.1) is 0 Å². The number of aromatic nitrogens is 3. The quantitative estimate of drug-likeness (QED) is 0.651. The summed E-state index contributed by atoms with van der Waals surface area (Å²) in [4.78, 5) is 8.20. The van der Waals surface area contributed by atoms with Gasteiger partial charge in [-0.1, -0.05) is 17.8 Å². The maximum atomic E-state index is 9.85. The van der Waals surface area contributed by atoms with Gasteiger partial charge in [0.2, 0.25) is 11.1 Å². The topological polar surface area (TPSA) is 83.4 Å². The van der Waals surface area contributed by atoms with Crippen molar-refractivity contribution in [3.63, 3.8) is 0 Å². The zero-order valence-electron chi connectivity index (χ0n) is 9.91. The molecule has 0 atom stereocenters. The fourth-order valence-electron chi connectivity index (χ4n) is 1.33. The van der Waals surface area contributed by atoms with E-state index in [9.17, 15) is 5.11 Å². The van der Waals surface area contributed by atoms with Crippen molar-refractivity contribution in [2.75, 3.05) is 13.4 Å². The van der Waals surface area contributed by atoms with Crippen molar-refractivity contribution in [1.29, 1.82) is 0 Å². The standard InChI is InChI=1S/C11H12N4O2S/c1-17-8-5-3-4-7(9(8)16)6-12-10-13-11(18-2)15-14-10/h3-6,16H,1-2H3,(H,13,14,15)/b12-6+. The summed E-state index contributed by atoms with van der Waals surface area (Å²) in [5.74, 6) is 0.844. The Morgan fingerprint density at radius 3 is 3.00 bits per heavy atom. The first-order valence-electron chi connectivity index (χ1n) is 5.11. The molecular formula is C11H12N4O2S. The maximum absolute atomic E-state index is 9.85. The number of phenolic OH excluding ortho intramolecular Hbond substituents is 1. The third-order valence-corrected chi connectivity index (χ3v) is 2.76. The highest BCUT2D eigenvalue weighted by Gasteiger charge is 2.05. The van der Waals surface area contributed by atoms with Gasteiger partial charge in [0, 0.05) is 11.8 Å². The zero-order chi connectivity index (χ0) is 13.0. The summed E-state index contributed by atoms with van der Waals surface area (Å²) in [7, 11) is 1.50. The van der Waals surface area contributed by atoms with Gasteiger partial charge in [-0.3, -0.25) is 0 Å². The third kappa shape index (κ3) is 2.62. The zero-order valence-corrected chi connectivity index (χ0v) is 10.7. The van der Waals surface area contributed by atoms with Crippen LogP contribution >= 0.6 is 11.8 Å². The summed E-state index contributed by atoms with van der Waals surface area (Å²) < 4.78 is 5.01. The number of hydrogen-bond acceptors (Lipinski definition) is 6. The first-order chi connectivity index (χ1) is 8.74. The lowest BCUT2D eigenvalue weighted by Crippen LogP contribution is -1.88. The van der Waals surface area contributed by atoms with Crippen molar-refractivity contribution < 1.29 is 9.84 Å². The number of benzene rings is 1. The maximum Gasteiger partial charge on any atom is 0.246 e. The number of aromatic amines is 1. The van der Waals surface area contributed by atoms with Crippen LogP contribution in [-0.2, 0) is 0 Å². The van der Waals surface area contributed by atoms with E-state index in [2.05, 4.69) is 20.2 Å². The number of methoxy groups -OCH3 is 1. The molecule has 1 aromatic carbocycles. The molecule has 0 spiro atoms. The minimum atomic E-state index is 0.0494. The predicted molar refractivity (Wildman–Crippen MR) is 70.1 cm³/mol. The van der Waals surface area contributed by atoms with Crippen LogP contribution in [0.3, 0.4) is 0 Å². The van der Waals surface area contributed by atoms with Crippen molar-refractivity contribution in [3.05, 3.63) is 23.8 Å². The Labute approximate surface area is 108 Å². The monoisotopic (exact) mass is 264 g/mol. The molecule has 0 radical (unpaired) electrons. The highest BCUT2D eigenvalue weighted by Crippen LogP contribution is 2.28. The summed E-state index contributed by atoms with van der Waals surface area (Å²) in [6, 6.07) is 5.17. The van der Waals surface area contributed by atoms with Gasteiger partial charge >= 0.3 is 0 Å². The van der Waals surface area contributed by atoms with E-state index in [0.29, 0.717) is 22.4 Å². The number of rotatable bonds is 4. The van der Waals surface area contributed by atoms with Gasteiger partial charge < -0.3 is 9.84 Å². The molecule has 0 saturated heterocycles. The Kier molecular flexibility index (Phi) is 3.83. The van der Waals surface area contributed by atoms with Gasteiger partial charge in [0.05, 0.1) is 7.11 Å². The number of nitrogens with one attached hydrogen (secondary N) is 1. The average molecular weight is 264 g/mol. The minimum absolute atomic E-state index is 0.0494. The van der Waals surface area contributed by atoms with Crippen molar-refractivity contribution in [1.82, 2.24) is 15.2 Å². The molecule has 0 saturated carbocycles. The number of H-pyrrole nitrogens is 1. The van der Waals surface area contributed by atoms with Gasteiger partial charge in [-0.05, 0) is 18.4 Å². The van der Waals surface area contributed by atoms with E-state index in [1.165, 1.54) is 25.1 Å². The molecule has 0 aliphatic carbocycles. The summed E-state index contributed by atoms with van der Waals surface area (Å²) >= 11 is 1.42. The summed E-state index contributed by atoms with van der Waals surface area (Å²) in [6.45, 7) is 0. The van der Waals surface area contributed by atoms with Crippen LogP contribution in [0.25, 0.3) is 0 Å². The van der Waals surface area contributed by atoms with Crippen molar-refractivity contribution in [2.24, 2.45) is 4.99 Å². The predicted octanol–water partition coefficient (Wildman–Crippen LogP) is 1.99. The van der Waals surface area contributed by atoms with E-state index in [0.717, 1.165) is 0 Å². The van der Waals surface area contributed by atoms with E-state index in [1.54, 1.807) is 18.2 Å². The minimum Gasteiger partial charge on any atom is -0.504 e. The molecule has 94 valence electrons. The van der Waals surface area contributed by atoms with Gasteiger partial charge in [0.1, 0.15) is 0 Å². The Bertz CT molecular complexity index is 568. The van der Waals surface area contributed by atoms with Crippen LogP contribution < -0.4 is 4.74 Å². The first-order valence-corrected chi connectivity index (χ1v) is 6.33. The third-order valence-electron chi connectivity index (χ3n) is 2.21. The normalized spacial score (nSPS) is 11.0. The molecule has 18 heavy (non-hydrogen) atoms. The number of aliphatic imine (C=N–C) groups is 1. The summed E-state index contributed by atoms with van der Waals surface area (Å²) in [5.41, 5.74) is 0.552. The second kappa shape index (κ2) is 5.54. The highest BCUT2D eigenvalue weighted by atomic mass is 32.2. The molecule has 7 heteroatoms. The Balaban J connectivity index is 2.23. The van der Waals surface area contributed by atoms with Gasteiger partial charge in [0.25, 0.3) is 0 Å². The number of nitrogens with zero attached hydrogens (tertiary/aromatic N) is 3. The molecule has 0 fully saturated rings. The van der Waals surface area contributed by atoms with Crippen LogP contribution in [-0.4, -0.2) is 39.9 Å². The lowest BCUT2D eigenvalue weighted by atomic mass is 10.2. The average Bonchev–Trinajstić information content (AvgIpc) is 2.85. The lowest BCUT2D eigenvalue weighted by molar-refractivity contribution is 0.373. The smallest absolute Gasteiger partial charge is 0.246 e. The van der Waals surface area contributed by atoms with E-state index in [1.807, 2.05) is 6.26 Å². The SMILES string of the molecule is COc1cccc(/C=N/c2nc(SC)n[nH]2)c1O. The Morgan fingerprint density at radius 1 is 1.50 bits per heavy atom. The lowest BCUT2D eigenvalue weighted by Gasteiger charge is -2.04. The molecule has 0 amide bonds. The summed E-state index contributed by atoms with van der Waals surface area (Å²) in [6.07, 6.45) is 3.38. The van der Waals surface area contributed by atoms with E-state index < -0.39 is 0 Å². The molecule has 2 aromatic rings. The highest BCUT2D eigenvalue weighted by molar-refractivity contribution is 7.98. The van der Waals surface area contributed by atoms with E-state index in [4.69, 9.17) is 4.74 Å². The first kappa shape index (κ1) is 12.4. The molecule has 2 rings (SSSR count). The largest absolute Gasteiger partial charge is 0.504 e. The molecule has 0 aliphatic rings. The number of ether oxygens (including phenoxy) is 1. The molecular weight excluding hydrogens is 252 g/mol. The van der Waals surface area contributed by atoms with E-state index in [-0.39, 0.29) is 5.75 Å². The fraction of sp³-hybridized carbons (Fsp3) is 0.182. The van der Waals surface area contributed by atoms with Crippen molar-refractivity contribution >= 4 is 23.9 Å². The van der Waals surface area contributed by atoms with Gasteiger partial charge in [0.15, 0.2) is 11.5 Å². The second-order valence-electron chi connectivity index (χ2n) is 3.30. The van der Waals surface area contributed by atoms with Crippen LogP contribution in [0.2, 0.25) is 0 Å². The molecule has 0 aliphatic heterocycles. The summed E-state index contributed by atoms with van der Waals surface area (Å²) in [5, 5.41) is 17.1. The number of para-hydroxylation sites is 1. The Morgan fingerprint density at radius 2 is 2.33 bits per heavy atom. The number of phenols is 1. The van der Waals surface area contributed by atoms with Gasteiger partial charge in [-0.25, -0.2) is 10.1 Å². The molecule has 0 unspecified atom stereocenters. The van der Waals surface area contributed by atoms with Crippen LogP contribution in [0.4, 0.5) is 5.95 Å². The van der Waals surface area contributed by atoms with Crippen molar-refractivity contribution in [3.8, 4) is 11.5 Å². The molecule has 2 N–H and O–H groups in total. The molecule has 6 nitrogen and oxygen atoms in total. The van der Waals surface area contributed by atoms with Crippen LogP contribution in [0.15, 0.2) is 28.3 Å². The fourth-order valence-corrected chi connectivity index (χ4v) is 1.64. The molecule has 1 aromatic heterocycles. The second-order valence-corrected chi connectivity index (χ2v) is 4.08. The van der Waals surface area contributed by atoms with Gasteiger partial charge in [-0.2, -0.15) is 4.98 Å². The van der Waals surface area contributed by atoms with Crippen LogP contribution in [0.1, 0.15) is 5.56 Å².